The van der Waals surface area contributed by atoms with E-state index in [0.29, 0.717) is 16.8 Å². The van der Waals surface area contributed by atoms with E-state index in [1.54, 1.807) is 18.2 Å². The number of hydrogen-bond acceptors (Lipinski definition) is 6. The Morgan fingerprint density at radius 1 is 1.47 bits per heavy atom. The topological polar surface area (TPSA) is 114 Å². The van der Waals surface area contributed by atoms with E-state index in [0.717, 1.165) is 0 Å². The van der Waals surface area contributed by atoms with Gasteiger partial charge in [0.25, 0.3) is 0 Å². The van der Waals surface area contributed by atoms with Gasteiger partial charge in [-0.1, -0.05) is 18.7 Å². The van der Waals surface area contributed by atoms with Gasteiger partial charge < -0.3 is 14.8 Å². The molecule has 1 aromatic rings. The number of anilines is 1. The number of ether oxygens (including phenoxy) is 2. The van der Waals surface area contributed by atoms with Gasteiger partial charge in [0.1, 0.15) is 18.5 Å². The molecule has 9 nitrogen and oxygen atoms in total. The van der Waals surface area contributed by atoms with Crippen LogP contribution in [0.4, 0.5) is 19.7 Å². The van der Waals surface area contributed by atoms with Crippen LogP contribution < -0.4 is 10.2 Å². The molecule has 0 aromatic heterocycles. The summed E-state index contributed by atoms with van der Waals surface area (Å²) >= 11 is 0. The van der Waals surface area contributed by atoms with Crippen molar-refractivity contribution < 1.29 is 32.5 Å². The van der Waals surface area contributed by atoms with Crippen molar-refractivity contribution in [2.75, 3.05) is 36.1 Å². The molecule has 172 valence electrons. The predicted molar refractivity (Wildman–Crippen MR) is 117 cm³/mol. The zero-order chi connectivity index (χ0) is 23.3. The fourth-order valence-electron chi connectivity index (χ4n) is 3.33. The number of benzene rings is 1. The molecule has 2 atom stereocenters. The number of nitrogens with one attached hydrogen (secondary N) is 1. The maximum Gasteiger partial charge on any atom is 0.442 e. The molecule has 0 bridgehead atoms. The third-order valence-corrected chi connectivity index (χ3v) is 6.92. The van der Waals surface area contributed by atoms with Crippen molar-refractivity contribution in [2.45, 2.75) is 19.4 Å². The second-order valence-electron chi connectivity index (χ2n) is 7.30. The molecule has 2 aliphatic rings. The van der Waals surface area contributed by atoms with Crippen molar-refractivity contribution in [1.82, 2.24) is 5.32 Å². The Hall–Kier alpha value is -3.21. The highest BCUT2D eigenvalue weighted by Crippen LogP contribution is 2.30. The molecular weight excluding hydrogens is 441 g/mol. The van der Waals surface area contributed by atoms with Gasteiger partial charge in [0.05, 0.1) is 34.3 Å². The van der Waals surface area contributed by atoms with E-state index in [2.05, 4.69) is 16.3 Å². The van der Waals surface area contributed by atoms with Gasteiger partial charge >= 0.3 is 12.2 Å². The van der Waals surface area contributed by atoms with Crippen LogP contribution in [0.25, 0.3) is 5.57 Å². The first-order valence-corrected chi connectivity index (χ1v) is 11.8. The number of carbonyl (C=O) groups is 3. The number of cyclic esters (lactones) is 1. The lowest BCUT2D eigenvalue weighted by molar-refractivity contribution is -0.119. The van der Waals surface area contributed by atoms with Crippen LogP contribution in [0, 0.1) is 5.82 Å². The van der Waals surface area contributed by atoms with Crippen LogP contribution in [-0.4, -0.2) is 59.6 Å². The van der Waals surface area contributed by atoms with Crippen molar-refractivity contribution in [3.05, 3.63) is 48.3 Å². The van der Waals surface area contributed by atoms with Gasteiger partial charge in [0.15, 0.2) is 0 Å². The molecule has 2 aliphatic heterocycles. The van der Waals surface area contributed by atoms with Gasteiger partial charge in [-0.05, 0) is 30.2 Å². The highest BCUT2D eigenvalue weighted by Gasteiger charge is 2.33. The third kappa shape index (κ3) is 5.72. The van der Waals surface area contributed by atoms with Crippen LogP contribution in [0.15, 0.2) is 41.3 Å². The van der Waals surface area contributed by atoms with Crippen LogP contribution in [0.2, 0.25) is 0 Å². The summed E-state index contributed by atoms with van der Waals surface area (Å²) in [5, 5.41) is 2.58. The Balaban J connectivity index is 1.70. The van der Waals surface area contributed by atoms with Gasteiger partial charge in [-0.25, -0.2) is 18.2 Å². The number of rotatable bonds is 6. The average molecular weight is 466 g/mol. The number of allylic oxidation sites excluding steroid dienone is 1. The van der Waals surface area contributed by atoms with E-state index in [4.69, 9.17) is 9.47 Å². The van der Waals surface area contributed by atoms with Gasteiger partial charge in [0.2, 0.25) is 5.91 Å². The summed E-state index contributed by atoms with van der Waals surface area (Å²) < 4.78 is 41.2. The highest BCUT2D eigenvalue weighted by atomic mass is 32.2. The van der Waals surface area contributed by atoms with Gasteiger partial charge in [-0.3, -0.25) is 9.69 Å². The van der Waals surface area contributed by atoms with E-state index in [-0.39, 0.29) is 43.5 Å². The van der Waals surface area contributed by atoms with Gasteiger partial charge in [0, 0.05) is 18.2 Å². The van der Waals surface area contributed by atoms with Crippen molar-refractivity contribution in [3.8, 4) is 0 Å². The molecule has 1 N–H and O–H groups in total. The summed E-state index contributed by atoms with van der Waals surface area (Å²) in [6.07, 6.45) is 1.23. The Morgan fingerprint density at radius 2 is 2.25 bits per heavy atom. The Bertz CT molecular complexity index is 1090. The van der Waals surface area contributed by atoms with Crippen LogP contribution in [0.1, 0.15) is 18.9 Å². The van der Waals surface area contributed by atoms with Crippen molar-refractivity contribution in [3.63, 3.8) is 0 Å². The molecule has 3 rings (SSSR count). The Labute approximate surface area is 185 Å². The van der Waals surface area contributed by atoms with Crippen molar-refractivity contribution >= 4 is 39.1 Å². The molecule has 1 fully saturated rings. The predicted octanol–water partition coefficient (Wildman–Crippen LogP) is 2.86. The van der Waals surface area contributed by atoms with Crippen molar-refractivity contribution in [1.29, 1.82) is 0 Å². The molecule has 0 aliphatic carbocycles. The summed E-state index contributed by atoms with van der Waals surface area (Å²) in [6, 6.07) is 4.39. The van der Waals surface area contributed by atoms with E-state index in [1.807, 2.05) is 0 Å². The van der Waals surface area contributed by atoms with Gasteiger partial charge in [-0.2, -0.15) is 0 Å². The molecule has 32 heavy (non-hydrogen) atoms. The van der Waals surface area contributed by atoms with E-state index < -0.39 is 33.8 Å². The molecular formula is C21H24FN3O6S. The number of carbonyl (C=O) groups excluding carboxylic acids is 3. The fraction of sp³-hybridized carbons (Fsp3) is 0.381. The Kier molecular flexibility index (Phi) is 7.29. The van der Waals surface area contributed by atoms with Crippen LogP contribution in [0.3, 0.4) is 0 Å². The first-order chi connectivity index (χ1) is 15.2. The first kappa shape index (κ1) is 23.5. The van der Waals surface area contributed by atoms with Crippen LogP contribution >= 0.6 is 0 Å². The van der Waals surface area contributed by atoms with E-state index in [9.17, 15) is 23.0 Å². The minimum atomic E-state index is -2.80. The second-order valence-corrected chi connectivity index (χ2v) is 9.77. The smallest absolute Gasteiger partial charge is 0.442 e. The van der Waals surface area contributed by atoms with E-state index in [1.165, 1.54) is 24.0 Å². The lowest BCUT2D eigenvalue weighted by Crippen LogP contribution is -2.33. The molecule has 0 spiro atoms. The standard InChI is InChI=1S/C21H24FN3O6S/c1-3-8-30-20(27)24-32(29)9-6-15(7-10-32)18-5-4-16(11-19(18)22)25-13-17(31-21(25)28)12-23-14(2)26/h3-6,11,17H,1,7-10,12-13H2,2H3,(H,23,26)/t17-,32?/m0/s1. The number of hydrogen-bond donors (Lipinski definition) is 1. The molecule has 1 unspecified atom stereocenters. The second kappa shape index (κ2) is 9.94. The average Bonchev–Trinajstić information content (AvgIpc) is 3.12. The summed E-state index contributed by atoms with van der Waals surface area (Å²) in [4.78, 5) is 36.1. The monoisotopic (exact) mass is 465 g/mol. The minimum Gasteiger partial charge on any atom is -0.443 e. The normalized spacial score (nSPS) is 22.6. The summed E-state index contributed by atoms with van der Waals surface area (Å²) in [7, 11) is -2.80. The van der Waals surface area contributed by atoms with Crippen molar-refractivity contribution in [2.24, 2.45) is 4.36 Å². The zero-order valence-electron chi connectivity index (χ0n) is 17.5. The largest absolute Gasteiger partial charge is 0.443 e. The molecule has 1 saturated heterocycles. The lowest BCUT2D eigenvalue weighted by Gasteiger charge is -2.19. The van der Waals surface area contributed by atoms with Crippen LogP contribution in [0.5, 0.6) is 0 Å². The molecule has 0 saturated carbocycles. The molecule has 3 amide bonds. The summed E-state index contributed by atoms with van der Waals surface area (Å²) in [6.45, 7) is 5.13. The first-order valence-electron chi connectivity index (χ1n) is 9.92. The fourth-order valence-corrected chi connectivity index (χ4v) is 4.99. The number of halogens is 1. The lowest BCUT2D eigenvalue weighted by atomic mass is 10.0. The quantitative estimate of drug-likeness (QED) is 0.646. The van der Waals surface area contributed by atoms with E-state index >= 15 is 0 Å². The van der Waals surface area contributed by atoms with Crippen LogP contribution in [-0.2, 0) is 24.0 Å². The SMILES string of the molecule is C=CCOC(=O)N=S1(=O)CC=C(c2ccc(N3C[C@H](CNC(C)=O)OC3=O)cc2F)CC1. The molecule has 1 aromatic carbocycles. The molecule has 2 heterocycles. The maximum absolute atomic E-state index is 14.9. The molecule has 0 radical (unpaired) electrons. The summed E-state index contributed by atoms with van der Waals surface area (Å²) in [5.41, 5.74) is 1.31. The molecule has 11 heteroatoms. The number of nitrogens with zero attached hydrogens (tertiary/aromatic N) is 2. The minimum absolute atomic E-state index is 0.00991. The third-order valence-electron chi connectivity index (χ3n) is 4.91. The highest BCUT2D eigenvalue weighted by molar-refractivity contribution is 7.94. The summed E-state index contributed by atoms with van der Waals surface area (Å²) in [5.74, 6) is -0.661. The zero-order valence-corrected chi connectivity index (χ0v) is 18.4. The number of amides is 3. The maximum atomic E-state index is 14.9. The van der Waals surface area contributed by atoms with Gasteiger partial charge in [-0.15, -0.1) is 4.36 Å². The Morgan fingerprint density at radius 3 is 2.88 bits per heavy atom.